The van der Waals surface area contributed by atoms with Crippen LogP contribution in [-0.4, -0.2) is 41.9 Å². The summed E-state index contributed by atoms with van der Waals surface area (Å²) in [6, 6.07) is 16.0. The lowest BCUT2D eigenvalue weighted by Crippen LogP contribution is -2.39. The highest BCUT2D eigenvalue weighted by Crippen LogP contribution is 2.32. The summed E-state index contributed by atoms with van der Waals surface area (Å²) >= 11 is 1.22. The number of hydrogen-bond donors (Lipinski definition) is 1. The molecule has 30 heavy (non-hydrogen) atoms. The number of sulfonamides is 1. The lowest BCUT2D eigenvalue weighted by molar-refractivity contribution is 0.102. The predicted octanol–water partition coefficient (Wildman–Crippen LogP) is 3.67. The van der Waals surface area contributed by atoms with Crippen LogP contribution in [0.2, 0.25) is 0 Å². The van der Waals surface area contributed by atoms with Crippen LogP contribution < -0.4 is 5.32 Å². The summed E-state index contributed by atoms with van der Waals surface area (Å²) in [5.74, 6) is -0.389. The fourth-order valence-corrected chi connectivity index (χ4v) is 5.81. The molecule has 1 saturated heterocycles. The molecule has 1 atom stereocenters. The molecule has 1 aromatic heterocycles. The molecular weight excluding hydrogens is 420 g/mol. The maximum absolute atomic E-state index is 13.0. The number of nitrogens with one attached hydrogen (secondary N) is 1. The van der Waals surface area contributed by atoms with E-state index in [0.717, 1.165) is 18.4 Å². The first-order valence-corrected chi connectivity index (χ1v) is 12.0. The molecule has 1 fully saturated rings. The number of amides is 1. The largest absolute Gasteiger partial charge is 0.320 e. The van der Waals surface area contributed by atoms with Crippen LogP contribution in [0.1, 0.15) is 39.1 Å². The molecule has 0 radical (unpaired) electrons. The third-order valence-electron chi connectivity index (χ3n) is 5.06. The number of hydrogen-bond acceptors (Lipinski definition) is 6. The topological polar surface area (TPSA) is 92.3 Å². The zero-order chi connectivity index (χ0) is 21.1. The molecule has 1 aliphatic rings. The summed E-state index contributed by atoms with van der Waals surface area (Å²) in [7, 11) is -3.56. The van der Waals surface area contributed by atoms with E-state index >= 15 is 0 Å². The Balaban J connectivity index is 1.47. The lowest BCUT2D eigenvalue weighted by atomic mass is 10.0. The van der Waals surface area contributed by atoms with Gasteiger partial charge in [-0.3, -0.25) is 4.79 Å². The third kappa shape index (κ3) is 4.43. The smallest absolute Gasteiger partial charge is 0.286 e. The van der Waals surface area contributed by atoms with E-state index < -0.39 is 10.0 Å². The monoisotopic (exact) mass is 442 g/mol. The van der Waals surface area contributed by atoms with Gasteiger partial charge in [0, 0.05) is 24.7 Å². The van der Waals surface area contributed by atoms with Crippen molar-refractivity contribution in [2.24, 2.45) is 0 Å². The molecule has 3 aromatic rings. The molecule has 4 rings (SSSR count). The summed E-state index contributed by atoms with van der Waals surface area (Å²) < 4.78 is 27.6. The first-order valence-electron chi connectivity index (χ1n) is 9.70. The average molecular weight is 443 g/mol. The van der Waals surface area contributed by atoms with Crippen LogP contribution in [-0.2, 0) is 10.0 Å². The van der Waals surface area contributed by atoms with Gasteiger partial charge < -0.3 is 5.32 Å². The van der Waals surface area contributed by atoms with Gasteiger partial charge in [-0.2, -0.15) is 4.31 Å². The number of benzene rings is 2. The van der Waals surface area contributed by atoms with E-state index in [4.69, 9.17) is 0 Å². The summed E-state index contributed by atoms with van der Waals surface area (Å²) in [6.07, 6.45) is 1.55. The fraction of sp³-hybridized carbons (Fsp3) is 0.286. The minimum absolute atomic E-state index is 0.0743. The average Bonchev–Trinajstić information content (AvgIpc) is 3.25. The predicted molar refractivity (Wildman–Crippen MR) is 116 cm³/mol. The van der Waals surface area contributed by atoms with Crippen molar-refractivity contribution in [3.05, 3.63) is 70.2 Å². The molecule has 7 nitrogen and oxygen atoms in total. The van der Waals surface area contributed by atoms with Crippen molar-refractivity contribution in [2.75, 3.05) is 18.4 Å². The summed E-state index contributed by atoms with van der Waals surface area (Å²) in [5.41, 5.74) is 1.70. The van der Waals surface area contributed by atoms with Gasteiger partial charge >= 0.3 is 0 Å². The molecule has 0 aliphatic carbocycles. The van der Waals surface area contributed by atoms with Crippen molar-refractivity contribution in [3.8, 4) is 0 Å². The normalized spacial score (nSPS) is 17.6. The van der Waals surface area contributed by atoms with Crippen molar-refractivity contribution < 1.29 is 13.2 Å². The highest BCUT2D eigenvalue weighted by atomic mass is 32.2. The van der Waals surface area contributed by atoms with Crippen LogP contribution in [0.3, 0.4) is 0 Å². The van der Waals surface area contributed by atoms with Crippen molar-refractivity contribution in [1.29, 1.82) is 0 Å². The maximum Gasteiger partial charge on any atom is 0.286 e. The van der Waals surface area contributed by atoms with E-state index in [1.165, 1.54) is 15.6 Å². The SMILES string of the molecule is Cc1ccc(S(=O)(=O)N2CCC[C@H](c3nnc(C(=O)Nc4ccccc4)s3)C2)cc1. The second-order valence-corrected chi connectivity index (χ2v) is 10.2. The van der Waals surface area contributed by atoms with Crippen LogP contribution in [0.25, 0.3) is 0 Å². The molecule has 1 amide bonds. The number of aryl methyl sites for hydroxylation is 1. The summed E-state index contributed by atoms with van der Waals surface area (Å²) in [6.45, 7) is 2.74. The Labute approximate surface area is 179 Å². The van der Waals surface area contributed by atoms with Crippen LogP contribution in [0, 0.1) is 6.92 Å². The highest BCUT2D eigenvalue weighted by molar-refractivity contribution is 7.89. The van der Waals surface area contributed by atoms with Crippen LogP contribution in [0.4, 0.5) is 5.69 Å². The number of carbonyl (C=O) groups excluding carboxylic acids is 1. The van der Waals surface area contributed by atoms with Gasteiger partial charge in [-0.15, -0.1) is 10.2 Å². The molecular formula is C21H22N4O3S2. The molecule has 2 heterocycles. The molecule has 0 saturated carbocycles. The van der Waals surface area contributed by atoms with Crippen molar-refractivity contribution in [1.82, 2.24) is 14.5 Å². The maximum atomic E-state index is 13.0. The number of nitrogens with zero attached hydrogens (tertiary/aromatic N) is 3. The Morgan fingerprint density at radius 2 is 1.83 bits per heavy atom. The standard InChI is InChI=1S/C21H22N4O3S2/c1-15-9-11-18(12-10-15)30(27,28)25-13-5-6-16(14-25)20-23-24-21(29-20)19(26)22-17-7-3-2-4-8-17/h2-4,7-12,16H,5-6,13-14H2,1H3,(H,22,26)/t16-/m0/s1. The zero-order valence-corrected chi connectivity index (χ0v) is 18.1. The summed E-state index contributed by atoms with van der Waals surface area (Å²) in [4.78, 5) is 12.7. The van der Waals surface area contributed by atoms with Gasteiger partial charge in [0.1, 0.15) is 5.01 Å². The van der Waals surface area contributed by atoms with Crippen molar-refractivity contribution >= 4 is 33.0 Å². The van der Waals surface area contributed by atoms with Gasteiger partial charge in [-0.1, -0.05) is 47.2 Å². The van der Waals surface area contributed by atoms with E-state index in [0.29, 0.717) is 28.7 Å². The number of aromatic nitrogens is 2. The Hall–Kier alpha value is -2.62. The fourth-order valence-electron chi connectivity index (χ4n) is 3.42. The zero-order valence-electron chi connectivity index (χ0n) is 16.5. The molecule has 156 valence electrons. The first kappa shape index (κ1) is 20.6. The van der Waals surface area contributed by atoms with Crippen molar-refractivity contribution in [2.45, 2.75) is 30.6 Å². The molecule has 9 heteroatoms. The lowest BCUT2D eigenvalue weighted by Gasteiger charge is -2.30. The minimum Gasteiger partial charge on any atom is -0.320 e. The summed E-state index contributed by atoms with van der Waals surface area (Å²) in [5, 5.41) is 12.0. The first-order chi connectivity index (χ1) is 14.4. The number of para-hydroxylation sites is 1. The molecule has 1 N–H and O–H groups in total. The van der Waals surface area contributed by atoms with Gasteiger partial charge in [0.25, 0.3) is 5.91 Å². The van der Waals surface area contributed by atoms with Crippen LogP contribution >= 0.6 is 11.3 Å². The van der Waals surface area contributed by atoms with Crippen LogP contribution in [0.5, 0.6) is 0 Å². The van der Waals surface area contributed by atoms with E-state index in [-0.39, 0.29) is 16.8 Å². The van der Waals surface area contributed by atoms with E-state index in [2.05, 4.69) is 15.5 Å². The Bertz CT molecular complexity index is 1130. The Kier molecular flexibility index (Phi) is 5.94. The molecule has 0 unspecified atom stereocenters. The Morgan fingerprint density at radius 1 is 1.10 bits per heavy atom. The third-order valence-corrected chi connectivity index (χ3v) is 8.02. The van der Waals surface area contributed by atoms with E-state index in [1.807, 2.05) is 25.1 Å². The van der Waals surface area contributed by atoms with Crippen LogP contribution in [0.15, 0.2) is 59.5 Å². The molecule has 2 aromatic carbocycles. The van der Waals surface area contributed by atoms with Gasteiger partial charge in [-0.05, 0) is 44.0 Å². The highest BCUT2D eigenvalue weighted by Gasteiger charge is 2.32. The van der Waals surface area contributed by atoms with Crippen molar-refractivity contribution in [3.63, 3.8) is 0 Å². The Morgan fingerprint density at radius 3 is 2.57 bits per heavy atom. The molecule has 0 spiro atoms. The van der Waals surface area contributed by atoms with Gasteiger partial charge in [0.05, 0.1) is 4.90 Å². The van der Waals surface area contributed by atoms with E-state index in [9.17, 15) is 13.2 Å². The number of rotatable bonds is 5. The van der Waals surface area contributed by atoms with Gasteiger partial charge in [0.2, 0.25) is 15.0 Å². The number of anilines is 1. The van der Waals surface area contributed by atoms with E-state index in [1.54, 1.807) is 36.4 Å². The minimum atomic E-state index is -3.56. The quantitative estimate of drug-likeness (QED) is 0.651. The van der Waals surface area contributed by atoms with Gasteiger partial charge in [0.15, 0.2) is 0 Å². The molecule has 1 aliphatic heterocycles. The molecule has 0 bridgehead atoms. The second kappa shape index (κ2) is 8.63. The van der Waals surface area contributed by atoms with Gasteiger partial charge in [-0.25, -0.2) is 8.42 Å². The number of piperidine rings is 1. The second-order valence-electron chi connectivity index (χ2n) is 7.28. The number of carbonyl (C=O) groups is 1.